The lowest BCUT2D eigenvalue weighted by atomic mass is 10.0. The lowest BCUT2D eigenvalue weighted by Crippen LogP contribution is -2.58. The minimum Gasteiger partial charge on any atom is -0.480 e. The van der Waals surface area contributed by atoms with Crippen molar-refractivity contribution in [2.75, 3.05) is 17.8 Å². The molecular weight excluding hydrogens is 416 g/mol. The van der Waals surface area contributed by atoms with E-state index in [0.717, 1.165) is 0 Å². The Morgan fingerprint density at radius 3 is 1.86 bits per heavy atom. The summed E-state index contributed by atoms with van der Waals surface area (Å²) < 4.78 is 0. The average Bonchev–Trinajstić information content (AvgIpc) is 2.65. The SMILES string of the molecule is CSCCC(NC(=O)C(CS)NC(=O)C(N)C(C)C)C(=O)NC(C(=O)O)C(C)C. The van der Waals surface area contributed by atoms with E-state index in [1.807, 2.05) is 6.26 Å². The second-order valence-electron chi connectivity index (χ2n) is 7.42. The Balaban J connectivity index is 5.22. The highest BCUT2D eigenvalue weighted by Gasteiger charge is 2.31. The largest absolute Gasteiger partial charge is 0.480 e. The van der Waals surface area contributed by atoms with Gasteiger partial charge in [0.2, 0.25) is 17.7 Å². The minimum absolute atomic E-state index is 0.0169. The van der Waals surface area contributed by atoms with E-state index in [4.69, 9.17) is 5.73 Å². The third-order valence-electron chi connectivity index (χ3n) is 4.31. The molecule has 29 heavy (non-hydrogen) atoms. The predicted molar refractivity (Wildman–Crippen MR) is 118 cm³/mol. The highest BCUT2D eigenvalue weighted by molar-refractivity contribution is 7.98. The predicted octanol–water partition coefficient (Wildman–Crippen LogP) is -0.152. The Kier molecular flexibility index (Phi) is 13.0. The van der Waals surface area contributed by atoms with Crippen LogP contribution in [0.25, 0.3) is 0 Å². The zero-order chi connectivity index (χ0) is 22.7. The molecule has 0 aromatic carbocycles. The molecule has 0 aliphatic heterocycles. The van der Waals surface area contributed by atoms with Crippen molar-refractivity contribution >= 4 is 48.1 Å². The maximum Gasteiger partial charge on any atom is 0.326 e. The number of rotatable bonds is 13. The van der Waals surface area contributed by atoms with Gasteiger partial charge in [-0.3, -0.25) is 14.4 Å². The standard InChI is InChI=1S/C18H34N4O5S2/c1-9(2)13(19)17(25)21-12(8-28)16(24)20-11(6-7-29-5)15(23)22-14(10(3)4)18(26)27/h9-14,28H,6-8,19H2,1-5H3,(H,20,24)(H,21,25)(H,22,23)(H,26,27). The zero-order valence-corrected chi connectivity index (χ0v) is 19.3. The number of carboxylic acids is 1. The van der Waals surface area contributed by atoms with E-state index in [0.29, 0.717) is 12.2 Å². The first kappa shape index (κ1) is 27.5. The van der Waals surface area contributed by atoms with Crippen LogP contribution in [0.15, 0.2) is 0 Å². The summed E-state index contributed by atoms with van der Waals surface area (Å²) in [5.74, 6) is -2.63. The average molecular weight is 451 g/mol. The second kappa shape index (κ2) is 13.7. The van der Waals surface area contributed by atoms with Gasteiger partial charge in [0.1, 0.15) is 18.1 Å². The van der Waals surface area contributed by atoms with Gasteiger partial charge in [-0.05, 0) is 30.3 Å². The number of carbonyl (C=O) groups is 4. The van der Waals surface area contributed by atoms with Gasteiger partial charge < -0.3 is 26.8 Å². The number of nitrogens with one attached hydrogen (secondary N) is 3. The molecule has 0 bridgehead atoms. The van der Waals surface area contributed by atoms with Crippen molar-refractivity contribution in [1.29, 1.82) is 0 Å². The molecular formula is C18H34N4O5S2. The molecule has 11 heteroatoms. The number of amides is 3. The van der Waals surface area contributed by atoms with Gasteiger partial charge in [-0.25, -0.2) is 4.79 Å². The molecule has 0 aromatic rings. The Morgan fingerprint density at radius 2 is 1.45 bits per heavy atom. The molecule has 0 aromatic heterocycles. The number of aliphatic carboxylic acids is 1. The minimum atomic E-state index is -1.15. The number of carbonyl (C=O) groups excluding carboxylic acids is 3. The summed E-state index contributed by atoms with van der Waals surface area (Å²) in [6.07, 6.45) is 2.16. The van der Waals surface area contributed by atoms with Crippen LogP contribution in [0.2, 0.25) is 0 Å². The topological polar surface area (TPSA) is 151 Å². The fourth-order valence-electron chi connectivity index (χ4n) is 2.31. The van der Waals surface area contributed by atoms with Crippen LogP contribution in [0.3, 0.4) is 0 Å². The second-order valence-corrected chi connectivity index (χ2v) is 8.78. The van der Waals surface area contributed by atoms with Gasteiger partial charge >= 0.3 is 5.97 Å². The monoisotopic (exact) mass is 450 g/mol. The van der Waals surface area contributed by atoms with E-state index >= 15 is 0 Å². The fourth-order valence-corrected chi connectivity index (χ4v) is 3.04. The third-order valence-corrected chi connectivity index (χ3v) is 5.32. The van der Waals surface area contributed by atoms with Crippen molar-refractivity contribution < 1.29 is 24.3 Å². The molecule has 168 valence electrons. The van der Waals surface area contributed by atoms with Crippen LogP contribution < -0.4 is 21.7 Å². The van der Waals surface area contributed by atoms with E-state index in [-0.39, 0.29) is 17.6 Å². The molecule has 0 fully saturated rings. The Bertz CT molecular complexity index is 574. The lowest BCUT2D eigenvalue weighted by molar-refractivity contribution is -0.143. The van der Waals surface area contributed by atoms with Gasteiger partial charge in [-0.1, -0.05) is 27.7 Å². The third kappa shape index (κ3) is 9.72. The van der Waals surface area contributed by atoms with Crippen molar-refractivity contribution in [2.24, 2.45) is 17.6 Å². The Morgan fingerprint density at radius 1 is 0.931 bits per heavy atom. The first-order chi connectivity index (χ1) is 13.5. The summed E-state index contributed by atoms with van der Waals surface area (Å²) in [5, 5.41) is 16.9. The van der Waals surface area contributed by atoms with Crippen molar-refractivity contribution in [3.05, 3.63) is 0 Å². The molecule has 0 aliphatic carbocycles. The highest BCUT2D eigenvalue weighted by atomic mass is 32.2. The van der Waals surface area contributed by atoms with E-state index in [1.165, 1.54) is 11.8 Å². The molecule has 4 unspecified atom stereocenters. The van der Waals surface area contributed by atoms with Gasteiger partial charge in [0.05, 0.1) is 6.04 Å². The first-order valence-corrected chi connectivity index (χ1v) is 11.5. The summed E-state index contributed by atoms with van der Waals surface area (Å²) in [6, 6.07) is -3.75. The summed E-state index contributed by atoms with van der Waals surface area (Å²) in [5.41, 5.74) is 5.80. The Labute approximate surface area is 182 Å². The Hall–Kier alpha value is -1.46. The molecule has 4 atom stereocenters. The number of hydrogen-bond acceptors (Lipinski definition) is 7. The molecule has 9 nitrogen and oxygen atoms in total. The lowest BCUT2D eigenvalue weighted by Gasteiger charge is -2.25. The van der Waals surface area contributed by atoms with E-state index < -0.39 is 47.9 Å². The van der Waals surface area contributed by atoms with Crippen molar-refractivity contribution in [1.82, 2.24) is 16.0 Å². The molecule has 3 amide bonds. The summed E-state index contributed by atoms with van der Waals surface area (Å²) in [4.78, 5) is 48.7. The summed E-state index contributed by atoms with van der Waals surface area (Å²) in [7, 11) is 0. The van der Waals surface area contributed by atoms with E-state index in [2.05, 4.69) is 28.6 Å². The maximum absolute atomic E-state index is 12.6. The maximum atomic E-state index is 12.6. The molecule has 0 aliphatic rings. The fraction of sp³-hybridized carbons (Fsp3) is 0.778. The van der Waals surface area contributed by atoms with Crippen LogP contribution in [0.5, 0.6) is 0 Å². The number of carboxylic acid groups (broad SMARTS) is 1. The van der Waals surface area contributed by atoms with Crippen LogP contribution in [-0.4, -0.2) is 70.7 Å². The van der Waals surface area contributed by atoms with Crippen molar-refractivity contribution in [3.8, 4) is 0 Å². The molecule has 0 saturated heterocycles. The van der Waals surface area contributed by atoms with Crippen molar-refractivity contribution in [2.45, 2.75) is 58.3 Å². The molecule has 0 radical (unpaired) electrons. The summed E-state index contributed by atoms with van der Waals surface area (Å²) >= 11 is 5.59. The quantitative estimate of drug-likeness (QED) is 0.214. The normalized spacial score (nSPS) is 15.3. The van der Waals surface area contributed by atoms with Crippen molar-refractivity contribution in [3.63, 3.8) is 0 Å². The van der Waals surface area contributed by atoms with Gasteiger partial charge in [0, 0.05) is 5.75 Å². The zero-order valence-electron chi connectivity index (χ0n) is 17.6. The van der Waals surface area contributed by atoms with Gasteiger partial charge in [0.25, 0.3) is 0 Å². The number of hydrogen-bond donors (Lipinski definition) is 6. The molecule has 0 spiro atoms. The number of nitrogens with two attached hydrogens (primary N) is 1. The highest BCUT2D eigenvalue weighted by Crippen LogP contribution is 2.07. The van der Waals surface area contributed by atoms with Crippen LogP contribution in [-0.2, 0) is 19.2 Å². The molecule has 0 heterocycles. The smallest absolute Gasteiger partial charge is 0.326 e. The van der Waals surface area contributed by atoms with Crippen LogP contribution in [0, 0.1) is 11.8 Å². The van der Waals surface area contributed by atoms with Crippen LogP contribution in [0.1, 0.15) is 34.1 Å². The molecule has 6 N–H and O–H groups in total. The van der Waals surface area contributed by atoms with E-state index in [1.54, 1.807) is 27.7 Å². The van der Waals surface area contributed by atoms with Gasteiger partial charge in [0.15, 0.2) is 0 Å². The molecule has 0 saturated carbocycles. The van der Waals surface area contributed by atoms with Gasteiger partial charge in [-0.15, -0.1) is 0 Å². The van der Waals surface area contributed by atoms with E-state index in [9.17, 15) is 24.3 Å². The van der Waals surface area contributed by atoms with Crippen LogP contribution >= 0.6 is 24.4 Å². The first-order valence-electron chi connectivity index (χ1n) is 9.45. The summed E-state index contributed by atoms with van der Waals surface area (Å²) in [6.45, 7) is 6.94. The van der Waals surface area contributed by atoms with Gasteiger partial charge in [-0.2, -0.15) is 24.4 Å². The number of thioether (sulfide) groups is 1. The number of thiol groups is 1. The molecule has 0 rings (SSSR count). The van der Waals surface area contributed by atoms with Crippen LogP contribution in [0.4, 0.5) is 0 Å².